The van der Waals surface area contributed by atoms with Gasteiger partial charge in [-0.05, 0) is 21.0 Å². The topological polar surface area (TPSA) is 3.24 Å². The summed E-state index contributed by atoms with van der Waals surface area (Å²) in [4.78, 5) is 2.29. The molecule has 2 aliphatic carbocycles. The Kier molecular flexibility index (Phi) is 3.80. The van der Waals surface area contributed by atoms with Crippen molar-refractivity contribution in [3.63, 3.8) is 0 Å². The molecule has 2 aliphatic rings. The van der Waals surface area contributed by atoms with Gasteiger partial charge in [0.05, 0.1) is 0 Å². The standard InChI is InChI=1S/C16H21N/c1-13(14-8-4-5-9-14)12-16(17(2)3)15-10-6-7-11-15/h4-12,14-16H,1-3H3/b13-12+. The molecule has 0 N–H and O–H groups in total. The molecule has 0 saturated carbocycles. The molecule has 1 heteroatoms. The highest BCUT2D eigenvalue weighted by Crippen LogP contribution is 2.24. The monoisotopic (exact) mass is 227 g/mol. The molecule has 1 atom stereocenters. The molecule has 0 heterocycles. The lowest BCUT2D eigenvalue weighted by atomic mass is 9.94. The molecule has 0 aromatic rings. The maximum Gasteiger partial charge on any atom is 0.0372 e. The van der Waals surface area contributed by atoms with E-state index in [1.54, 1.807) is 0 Å². The van der Waals surface area contributed by atoms with E-state index in [0.29, 0.717) is 17.9 Å². The van der Waals surface area contributed by atoms with Crippen LogP contribution < -0.4 is 0 Å². The minimum Gasteiger partial charge on any atom is -0.302 e. The highest BCUT2D eigenvalue weighted by molar-refractivity contribution is 5.30. The second kappa shape index (κ2) is 5.33. The first-order valence-electron chi connectivity index (χ1n) is 6.23. The molecule has 0 radical (unpaired) electrons. The van der Waals surface area contributed by atoms with E-state index in [1.807, 2.05) is 0 Å². The van der Waals surface area contributed by atoms with Gasteiger partial charge in [0.15, 0.2) is 0 Å². The lowest BCUT2D eigenvalue weighted by molar-refractivity contribution is 0.310. The molecule has 0 fully saturated rings. The Morgan fingerprint density at radius 2 is 1.53 bits per heavy atom. The number of nitrogens with zero attached hydrogens (tertiary/aromatic N) is 1. The largest absolute Gasteiger partial charge is 0.302 e. The lowest BCUT2D eigenvalue weighted by Gasteiger charge is -2.26. The van der Waals surface area contributed by atoms with Crippen LogP contribution in [0.4, 0.5) is 0 Å². The molecule has 0 aromatic heterocycles. The van der Waals surface area contributed by atoms with Crippen LogP contribution in [-0.4, -0.2) is 25.0 Å². The van der Waals surface area contributed by atoms with E-state index >= 15 is 0 Å². The summed E-state index contributed by atoms with van der Waals surface area (Å²) in [6.45, 7) is 2.23. The molecule has 90 valence electrons. The van der Waals surface area contributed by atoms with Gasteiger partial charge in [-0.25, -0.2) is 0 Å². The summed E-state index contributed by atoms with van der Waals surface area (Å²) in [6, 6.07) is 0.451. The van der Waals surface area contributed by atoms with E-state index in [0.717, 1.165) is 0 Å². The van der Waals surface area contributed by atoms with Gasteiger partial charge >= 0.3 is 0 Å². The molecular weight excluding hydrogens is 206 g/mol. The van der Waals surface area contributed by atoms with Gasteiger partial charge < -0.3 is 4.90 Å². The number of allylic oxidation sites excluding steroid dienone is 7. The molecule has 0 amide bonds. The Morgan fingerprint density at radius 3 is 2.06 bits per heavy atom. The van der Waals surface area contributed by atoms with Crippen molar-refractivity contribution < 1.29 is 0 Å². The summed E-state index contributed by atoms with van der Waals surface area (Å²) < 4.78 is 0. The van der Waals surface area contributed by atoms with Crippen molar-refractivity contribution in [1.82, 2.24) is 4.90 Å². The quantitative estimate of drug-likeness (QED) is 0.666. The van der Waals surface area contributed by atoms with Gasteiger partial charge in [0, 0.05) is 17.9 Å². The predicted molar refractivity (Wildman–Crippen MR) is 74.8 cm³/mol. The van der Waals surface area contributed by atoms with Crippen molar-refractivity contribution in [3.8, 4) is 0 Å². The SMILES string of the molecule is C/C(=C\C(C1C=CC=C1)N(C)C)C1C=CC=C1. The zero-order valence-corrected chi connectivity index (χ0v) is 10.9. The summed E-state index contributed by atoms with van der Waals surface area (Å²) in [5.41, 5.74) is 1.43. The third kappa shape index (κ3) is 2.86. The number of hydrogen-bond donors (Lipinski definition) is 0. The first-order valence-corrected chi connectivity index (χ1v) is 6.23. The Balaban J connectivity index is 2.14. The van der Waals surface area contributed by atoms with Crippen LogP contribution in [0.25, 0.3) is 0 Å². The van der Waals surface area contributed by atoms with E-state index in [1.165, 1.54) is 5.57 Å². The van der Waals surface area contributed by atoms with Crippen LogP contribution >= 0.6 is 0 Å². The predicted octanol–water partition coefficient (Wildman–Crippen LogP) is 3.35. The fourth-order valence-corrected chi connectivity index (χ4v) is 2.40. The van der Waals surface area contributed by atoms with Gasteiger partial charge in [-0.15, -0.1) is 0 Å². The van der Waals surface area contributed by atoms with Gasteiger partial charge in [0.25, 0.3) is 0 Å². The van der Waals surface area contributed by atoms with Gasteiger partial charge in [-0.1, -0.05) is 60.3 Å². The Bertz CT molecular complexity index is 383. The summed E-state index contributed by atoms with van der Waals surface area (Å²) in [6.07, 6.45) is 20.0. The molecule has 2 rings (SSSR count). The Labute approximate surface area is 105 Å². The molecule has 1 nitrogen and oxygen atoms in total. The smallest absolute Gasteiger partial charge is 0.0372 e. The van der Waals surface area contributed by atoms with Crippen molar-refractivity contribution in [2.45, 2.75) is 13.0 Å². The van der Waals surface area contributed by atoms with Crippen LogP contribution in [0.1, 0.15) is 6.92 Å². The first-order chi connectivity index (χ1) is 8.18. The number of likely N-dealkylation sites (N-methyl/N-ethyl adjacent to an activating group) is 1. The second-order valence-electron chi connectivity index (χ2n) is 5.01. The molecular formula is C16H21N. The maximum atomic E-state index is 2.40. The molecule has 0 saturated heterocycles. The Morgan fingerprint density at radius 1 is 1.00 bits per heavy atom. The first kappa shape index (κ1) is 12.1. The molecule has 1 unspecified atom stereocenters. The van der Waals surface area contributed by atoms with Gasteiger partial charge in [0.2, 0.25) is 0 Å². The van der Waals surface area contributed by atoms with Crippen molar-refractivity contribution in [2.24, 2.45) is 11.8 Å². The third-order valence-electron chi connectivity index (χ3n) is 3.48. The summed E-state index contributed by atoms with van der Waals surface area (Å²) in [5.74, 6) is 1.00. The van der Waals surface area contributed by atoms with Crippen LogP contribution in [-0.2, 0) is 0 Å². The second-order valence-corrected chi connectivity index (χ2v) is 5.01. The van der Waals surface area contributed by atoms with Crippen LogP contribution in [0.3, 0.4) is 0 Å². The average molecular weight is 227 g/mol. The van der Waals surface area contributed by atoms with Gasteiger partial charge in [-0.2, -0.15) is 0 Å². The van der Waals surface area contributed by atoms with E-state index < -0.39 is 0 Å². The minimum atomic E-state index is 0.451. The molecule has 0 aromatic carbocycles. The molecule has 17 heavy (non-hydrogen) atoms. The fraction of sp³-hybridized carbons (Fsp3) is 0.375. The highest BCUT2D eigenvalue weighted by Gasteiger charge is 2.19. The summed E-state index contributed by atoms with van der Waals surface area (Å²) in [7, 11) is 4.30. The molecule has 0 aliphatic heterocycles. The Hall–Kier alpha value is -1.34. The number of hydrogen-bond acceptors (Lipinski definition) is 1. The zero-order valence-electron chi connectivity index (χ0n) is 10.9. The zero-order chi connectivity index (χ0) is 12.3. The molecule has 0 bridgehead atoms. The van der Waals surface area contributed by atoms with Crippen molar-refractivity contribution in [1.29, 1.82) is 0 Å². The van der Waals surface area contributed by atoms with Crippen LogP contribution in [0.5, 0.6) is 0 Å². The molecule has 0 spiro atoms. The van der Waals surface area contributed by atoms with Crippen LogP contribution in [0.2, 0.25) is 0 Å². The van der Waals surface area contributed by atoms with Crippen molar-refractivity contribution in [3.05, 3.63) is 60.3 Å². The third-order valence-corrected chi connectivity index (χ3v) is 3.48. The van der Waals surface area contributed by atoms with Crippen LogP contribution in [0.15, 0.2) is 60.3 Å². The fourth-order valence-electron chi connectivity index (χ4n) is 2.40. The highest BCUT2D eigenvalue weighted by atomic mass is 15.1. The average Bonchev–Trinajstić information content (AvgIpc) is 2.97. The maximum absolute atomic E-state index is 2.40. The van der Waals surface area contributed by atoms with Crippen LogP contribution in [0, 0.1) is 11.8 Å². The van der Waals surface area contributed by atoms with E-state index in [9.17, 15) is 0 Å². The van der Waals surface area contributed by atoms with E-state index in [4.69, 9.17) is 0 Å². The summed E-state index contributed by atoms with van der Waals surface area (Å²) >= 11 is 0. The van der Waals surface area contributed by atoms with Gasteiger partial charge in [0.1, 0.15) is 0 Å². The van der Waals surface area contributed by atoms with Crippen molar-refractivity contribution >= 4 is 0 Å². The minimum absolute atomic E-state index is 0.451. The normalized spacial score (nSPS) is 22.2. The van der Waals surface area contributed by atoms with E-state index in [2.05, 4.69) is 80.6 Å². The van der Waals surface area contributed by atoms with E-state index in [-0.39, 0.29) is 0 Å². The van der Waals surface area contributed by atoms with Gasteiger partial charge in [-0.3, -0.25) is 0 Å². The summed E-state index contributed by atoms with van der Waals surface area (Å²) in [5, 5.41) is 0. The van der Waals surface area contributed by atoms with Crippen molar-refractivity contribution in [2.75, 3.05) is 14.1 Å². The number of rotatable bonds is 4. The lowest BCUT2D eigenvalue weighted by Crippen LogP contribution is -2.32.